The molecule has 0 fully saturated rings. The average Bonchev–Trinajstić information content (AvgIpc) is 3.38. The van der Waals surface area contributed by atoms with Crippen molar-refractivity contribution in [1.82, 2.24) is 0 Å². The summed E-state index contributed by atoms with van der Waals surface area (Å²) in [5, 5.41) is 0. The third-order valence-corrected chi connectivity index (χ3v) is 10.6. The number of hydrogen-bond donors (Lipinski definition) is 0. The van der Waals surface area contributed by atoms with Gasteiger partial charge in [0.05, 0.1) is 5.41 Å². The van der Waals surface area contributed by atoms with Crippen LogP contribution < -0.4 is 4.90 Å². The average molecular weight is 610 g/mol. The van der Waals surface area contributed by atoms with Crippen LogP contribution in [0.15, 0.2) is 108 Å². The molecule has 0 spiro atoms. The molecule has 0 bridgehead atoms. The van der Waals surface area contributed by atoms with Gasteiger partial charge in [-0.2, -0.15) is 4.58 Å². The Morgan fingerprint density at radius 1 is 0.739 bits per heavy atom. The molecule has 0 saturated heterocycles. The van der Waals surface area contributed by atoms with Gasteiger partial charge in [-0.25, -0.2) is 0 Å². The van der Waals surface area contributed by atoms with Crippen LogP contribution in [-0.2, 0) is 10.8 Å². The van der Waals surface area contributed by atoms with E-state index in [4.69, 9.17) is 0 Å². The van der Waals surface area contributed by atoms with Crippen molar-refractivity contribution in [3.63, 3.8) is 0 Å². The van der Waals surface area contributed by atoms with E-state index in [1.807, 2.05) is 0 Å². The highest BCUT2D eigenvalue weighted by Gasteiger charge is 2.44. The summed E-state index contributed by atoms with van der Waals surface area (Å²) in [5.74, 6) is 0. The third-order valence-electron chi connectivity index (χ3n) is 10.6. The molecule has 2 heterocycles. The van der Waals surface area contributed by atoms with Gasteiger partial charge < -0.3 is 4.90 Å². The van der Waals surface area contributed by atoms with E-state index in [0.29, 0.717) is 0 Å². The predicted octanol–water partition coefficient (Wildman–Crippen LogP) is 11.3. The zero-order chi connectivity index (χ0) is 32.6. The lowest BCUT2D eigenvalue weighted by Gasteiger charge is -2.28. The molecule has 6 rings (SSSR count). The first-order valence-electron chi connectivity index (χ1n) is 17.6. The first-order chi connectivity index (χ1) is 22.1. The number of aryl methyl sites for hydroxylation is 2. The number of hydrogen-bond acceptors (Lipinski definition) is 1. The molecule has 2 aliphatic heterocycles. The fourth-order valence-electron chi connectivity index (χ4n) is 8.36. The van der Waals surface area contributed by atoms with Crippen LogP contribution >= 0.6 is 0 Å². The summed E-state index contributed by atoms with van der Waals surface area (Å²) in [6.45, 7) is 20.8. The van der Waals surface area contributed by atoms with Crippen LogP contribution in [0, 0.1) is 13.8 Å². The van der Waals surface area contributed by atoms with Gasteiger partial charge in [0.1, 0.15) is 6.54 Å². The minimum atomic E-state index is -0.0366. The second-order valence-corrected chi connectivity index (χ2v) is 14.6. The van der Waals surface area contributed by atoms with Gasteiger partial charge in [-0.05, 0) is 104 Å². The molecular weight excluding hydrogens is 556 g/mol. The van der Waals surface area contributed by atoms with Crippen molar-refractivity contribution in [1.29, 1.82) is 0 Å². The topological polar surface area (TPSA) is 6.25 Å². The zero-order valence-corrected chi connectivity index (χ0v) is 29.5. The molecule has 2 nitrogen and oxygen atoms in total. The van der Waals surface area contributed by atoms with Gasteiger partial charge in [0.15, 0.2) is 5.71 Å². The molecule has 0 unspecified atom stereocenters. The summed E-state index contributed by atoms with van der Waals surface area (Å²) in [7, 11) is 0. The summed E-state index contributed by atoms with van der Waals surface area (Å²) < 4.78 is 2.57. The molecule has 2 heteroatoms. The fourth-order valence-corrected chi connectivity index (χ4v) is 8.36. The van der Waals surface area contributed by atoms with Crippen molar-refractivity contribution in [2.75, 3.05) is 18.0 Å². The van der Waals surface area contributed by atoms with Crippen LogP contribution in [0.1, 0.15) is 101 Å². The van der Waals surface area contributed by atoms with Crippen molar-refractivity contribution >= 4 is 22.7 Å². The quantitative estimate of drug-likeness (QED) is 0.230. The minimum absolute atomic E-state index is 0.0366. The van der Waals surface area contributed by atoms with E-state index in [-0.39, 0.29) is 10.8 Å². The standard InChI is InChI=1S/C44H53N2/c1-9-29-45-37-23-13-11-21-35(37)43(5,6)39(45)27-25-33-19-16-20-34(42(33)41-31(3)17-15-18-32(41)4)26-28-40-44(7,8)36-22-12-14-24-38(36)46(40)30-10-2/h11-15,17-18,21-28H,9-10,16,19-20,29-30H2,1-8H3/q+1. The molecule has 0 radical (unpaired) electrons. The van der Waals surface area contributed by atoms with E-state index in [1.165, 1.54) is 73.7 Å². The highest BCUT2D eigenvalue weighted by atomic mass is 15.2. The molecule has 1 aliphatic carbocycles. The van der Waals surface area contributed by atoms with E-state index in [0.717, 1.165) is 38.8 Å². The van der Waals surface area contributed by atoms with E-state index >= 15 is 0 Å². The molecule has 238 valence electrons. The van der Waals surface area contributed by atoms with Gasteiger partial charge >= 0.3 is 0 Å². The predicted molar refractivity (Wildman–Crippen MR) is 199 cm³/mol. The first kappa shape index (κ1) is 32.0. The molecule has 0 saturated carbocycles. The lowest BCUT2D eigenvalue weighted by molar-refractivity contribution is -0.437. The van der Waals surface area contributed by atoms with E-state index in [1.54, 1.807) is 0 Å². The van der Waals surface area contributed by atoms with E-state index < -0.39 is 0 Å². The smallest absolute Gasteiger partial charge is 0.209 e. The number of allylic oxidation sites excluding steroid dienone is 8. The zero-order valence-electron chi connectivity index (χ0n) is 29.5. The normalized spacial score (nSPS) is 20.4. The highest BCUT2D eigenvalue weighted by Crippen LogP contribution is 2.48. The number of benzene rings is 3. The number of fused-ring (bicyclic) bond motifs is 2. The third kappa shape index (κ3) is 5.44. The second kappa shape index (κ2) is 12.7. The second-order valence-electron chi connectivity index (χ2n) is 14.6. The Morgan fingerprint density at radius 2 is 1.43 bits per heavy atom. The van der Waals surface area contributed by atoms with Gasteiger partial charge in [-0.1, -0.05) is 94.4 Å². The number of anilines is 1. The van der Waals surface area contributed by atoms with Gasteiger partial charge in [0.2, 0.25) is 5.69 Å². The van der Waals surface area contributed by atoms with Crippen molar-refractivity contribution in [2.24, 2.45) is 0 Å². The Morgan fingerprint density at radius 3 is 2.15 bits per heavy atom. The van der Waals surface area contributed by atoms with Crippen LogP contribution in [0.5, 0.6) is 0 Å². The summed E-state index contributed by atoms with van der Waals surface area (Å²) in [6.07, 6.45) is 15.5. The fraction of sp³-hybridized carbons (Fsp3) is 0.386. The summed E-state index contributed by atoms with van der Waals surface area (Å²) in [6, 6.07) is 24.8. The van der Waals surface area contributed by atoms with Gasteiger partial charge in [-0.3, -0.25) is 0 Å². The first-order valence-corrected chi connectivity index (χ1v) is 17.6. The molecule has 3 aromatic carbocycles. The number of nitrogens with zero attached hydrogens (tertiary/aromatic N) is 2. The Kier molecular flexibility index (Phi) is 8.85. The molecule has 3 aliphatic rings. The molecule has 3 aromatic rings. The van der Waals surface area contributed by atoms with Gasteiger partial charge in [0, 0.05) is 47.5 Å². The molecule has 0 amide bonds. The number of rotatable bonds is 8. The SMILES string of the molecule is CCCN1C(=CC=C2CCCC(C=CC3=[N+](CCC)c4ccccc4C3(C)C)=C2c2c(C)cccc2C)C(C)(C)c2ccccc21. The lowest BCUT2D eigenvalue weighted by Crippen LogP contribution is -2.28. The minimum Gasteiger partial charge on any atom is -0.344 e. The Balaban J connectivity index is 1.51. The molecular formula is C44H53N2+. The van der Waals surface area contributed by atoms with E-state index in [2.05, 4.69) is 156 Å². The van der Waals surface area contributed by atoms with Crippen molar-refractivity contribution in [3.8, 4) is 0 Å². The van der Waals surface area contributed by atoms with Crippen molar-refractivity contribution in [2.45, 2.75) is 98.3 Å². The Labute approximate surface area is 278 Å². The maximum absolute atomic E-state index is 2.57. The van der Waals surface area contributed by atoms with Gasteiger partial charge in [0.25, 0.3) is 0 Å². The Hall–Kier alpha value is -3.91. The van der Waals surface area contributed by atoms with E-state index in [9.17, 15) is 0 Å². The maximum atomic E-state index is 2.57. The lowest BCUT2D eigenvalue weighted by atomic mass is 9.78. The maximum Gasteiger partial charge on any atom is 0.209 e. The largest absolute Gasteiger partial charge is 0.344 e. The van der Waals surface area contributed by atoms with Crippen molar-refractivity contribution < 1.29 is 4.58 Å². The molecule has 0 N–H and O–H groups in total. The molecule has 46 heavy (non-hydrogen) atoms. The van der Waals surface area contributed by atoms with Crippen LogP contribution in [-0.4, -0.2) is 23.4 Å². The van der Waals surface area contributed by atoms with Crippen LogP contribution in [0.4, 0.5) is 11.4 Å². The van der Waals surface area contributed by atoms with Crippen LogP contribution in [0.3, 0.4) is 0 Å². The van der Waals surface area contributed by atoms with Crippen LogP contribution in [0.2, 0.25) is 0 Å². The van der Waals surface area contributed by atoms with Crippen molar-refractivity contribution in [3.05, 3.63) is 136 Å². The monoisotopic (exact) mass is 609 g/mol. The molecule has 0 atom stereocenters. The van der Waals surface area contributed by atoms with Gasteiger partial charge in [-0.15, -0.1) is 0 Å². The Bertz CT molecular complexity index is 1780. The van der Waals surface area contributed by atoms with Crippen LogP contribution in [0.25, 0.3) is 5.57 Å². The highest BCUT2D eigenvalue weighted by molar-refractivity contribution is 6.03. The summed E-state index contributed by atoms with van der Waals surface area (Å²) in [4.78, 5) is 2.57. The number of para-hydroxylation sites is 2. The molecule has 0 aromatic heterocycles. The summed E-state index contributed by atoms with van der Waals surface area (Å²) in [5.41, 5.74) is 16.8. The summed E-state index contributed by atoms with van der Waals surface area (Å²) >= 11 is 0.